The molecule has 1 fully saturated rings. The molecule has 0 bridgehead atoms. The number of epoxide rings is 1. The molecule has 0 aromatic carbocycles. The van der Waals surface area contributed by atoms with Crippen molar-refractivity contribution in [2.24, 2.45) is 0 Å². The van der Waals surface area contributed by atoms with E-state index in [1.165, 1.54) is 27.7 Å². The van der Waals surface area contributed by atoms with Crippen LogP contribution in [0.15, 0.2) is 0 Å². The fourth-order valence-electron chi connectivity index (χ4n) is 3.77. The highest BCUT2D eigenvalue weighted by Crippen LogP contribution is 2.64. The van der Waals surface area contributed by atoms with Crippen molar-refractivity contribution < 1.29 is 83.8 Å². The largest absolute Gasteiger partial charge is 0.460 e. The molecule has 0 aromatic heterocycles. The topological polar surface area (TPSA) is 21.8 Å². The average molecular weight is 634 g/mol. The Morgan fingerprint density at radius 2 is 0.949 bits per heavy atom. The molecule has 1 aliphatic rings. The Labute approximate surface area is 211 Å². The Morgan fingerprint density at radius 1 is 0.615 bits per heavy atom. The van der Waals surface area contributed by atoms with Gasteiger partial charge in [0.05, 0.1) is 13.2 Å². The molecule has 1 heterocycles. The van der Waals surface area contributed by atoms with Gasteiger partial charge < -0.3 is 9.16 Å². The standard InChI is InChI=1S/C19H23F17O2Si/c1-9(2)39(10(3)4,38-8-11-7-37-11)6-5-12(20,21)13(22,23)14(24,25)15(26,27)16(28,29)17(30,31)18(32,33)19(34,35)36/h9-11H,5-8H2,1-4H3/t11-/m0/s1. The summed E-state index contributed by atoms with van der Waals surface area (Å²) in [7, 11) is -3.70. The third kappa shape index (κ3) is 5.58. The Hall–Kier alpha value is -1.05. The van der Waals surface area contributed by atoms with Gasteiger partial charge in [-0.15, -0.1) is 0 Å². The zero-order valence-corrected chi connectivity index (χ0v) is 21.3. The van der Waals surface area contributed by atoms with E-state index >= 15 is 0 Å². The Balaban J connectivity index is 3.48. The molecule has 0 saturated carbocycles. The molecular formula is C19H23F17O2Si. The van der Waals surface area contributed by atoms with Crippen LogP contribution < -0.4 is 0 Å². The molecule has 39 heavy (non-hydrogen) atoms. The predicted octanol–water partition coefficient (Wildman–Crippen LogP) is 8.57. The molecule has 20 heteroatoms. The van der Waals surface area contributed by atoms with Crippen molar-refractivity contribution in [2.75, 3.05) is 13.2 Å². The molecule has 0 spiro atoms. The first-order valence-electron chi connectivity index (χ1n) is 10.9. The number of hydrogen-bond donors (Lipinski definition) is 0. The normalized spacial score (nSPS) is 19.3. The van der Waals surface area contributed by atoms with Crippen molar-refractivity contribution >= 4 is 8.32 Å². The van der Waals surface area contributed by atoms with E-state index in [0.29, 0.717) is 0 Å². The second-order valence-electron chi connectivity index (χ2n) is 9.68. The molecule has 0 aliphatic carbocycles. The minimum absolute atomic E-state index is 0.169. The van der Waals surface area contributed by atoms with Crippen LogP contribution in [0.5, 0.6) is 0 Å². The van der Waals surface area contributed by atoms with Crippen molar-refractivity contribution in [1.29, 1.82) is 0 Å². The Bertz CT molecular complexity index is 841. The monoisotopic (exact) mass is 634 g/mol. The lowest BCUT2D eigenvalue weighted by molar-refractivity contribution is -0.461. The highest BCUT2D eigenvalue weighted by atomic mass is 28.4. The molecule has 1 atom stereocenters. The summed E-state index contributed by atoms with van der Waals surface area (Å²) in [6.07, 6.45) is -10.7. The molecule has 0 aromatic rings. The molecule has 0 unspecified atom stereocenters. The fourth-order valence-corrected chi connectivity index (χ4v) is 8.27. The van der Waals surface area contributed by atoms with Crippen molar-refractivity contribution in [2.45, 2.75) is 105 Å². The van der Waals surface area contributed by atoms with Gasteiger partial charge in [0.15, 0.2) is 8.32 Å². The summed E-state index contributed by atoms with van der Waals surface area (Å²) in [6, 6.07) is -1.20. The summed E-state index contributed by atoms with van der Waals surface area (Å²) < 4.78 is 240. The van der Waals surface area contributed by atoms with Crippen LogP contribution in [0, 0.1) is 0 Å². The third-order valence-electron chi connectivity index (χ3n) is 6.51. The van der Waals surface area contributed by atoms with E-state index < -0.39 is 85.6 Å². The van der Waals surface area contributed by atoms with Crippen LogP contribution in [0.2, 0.25) is 17.1 Å². The lowest BCUT2D eigenvalue weighted by Gasteiger charge is -2.44. The van der Waals surface area contributed by atoms with Gasteiger partial charge in [-0.25, -0.2) is 0 Å². The maximum absolute atomic E-state index is 14.4. The van der Waals surface area contributed by atoms with Crippen LogP contribution in [-0.2, 0) is 9.16 Å². The van der Waals surface area contributed by atoms with Gasteiger partial charge in [0, 0.05) is 6.42 Å². The van der Waals surface area contributed by atoms with Crippen LogP contribution in [0.1, 0.15) is 34.1 Å². The third-order valence-corrected chi connectivity index (χ3v) is 12.2. The van der Waals surface area contributed by atoms with E-state index in [2.05, 4.69) is 0 Å². The summed E-state index contributed by atoms with van der Waals surface area (Å²) in [4.78, 5) is 0. The SMILES string of the molecule is CC(C)[Si](CCC(F)(F)C(F)(F)C(F)(F)C(F)(F)C(F)(F)C(F)(F)C(F)(F)C(F)(F)F)(OC[C@@H]1CO1)C(C)C. The number of hydrogen-bond acceptors (Lipinski definition) is 2. The van der Waals surface area contributed by atoms with Crippen LogP contribution in [0.4, 0.5) is 74.6 Å². The van der Waals surface area contributed by atoms with Crippen molar-refractivity contribution in [1.82, 2.24) is 0 Å². The van der Waals surface area contributed by atoms with Crippen molar-refractivity contribution in [3.8, 4) is 0 Å². The van der Waals surface area contributed by atoms with Crippen LogP contribution in [0.3, 0.4) is 0 Å². The lowest BCUT2D eigenvalue weighted by atomic mass is 9.88. The summed E-state index contributed by atoms with van der Waals surface area (Å²) in [5.41, 5.74) is -1.45. The van der Waals surface area contributed by atoms with Gasteiger partial charge in [-0.05, 0) is 17.1 Å². The molecule has 0 radical (unpaired) electrons. The number of halogens is 17. The maximum atomic E-state index is 14.4. The molecule has 0 N–H and O–H groups in total. The number of rotatable bonds is 14. The maximum Gasteiger partial charge on any atom is 0.460 e. The van der Waals surface area contributed by atoms with E-state index in [0.717, 1.165) is 0 Å². The minimum atomic E-state index is -8.62. The summed E-state index contributed by atoms with van der Waals surface area (Å²) in [5, 5.41) is 0. The van der Waals surface area contributed by atoms with Gasteiger partial charge in [0.2, 0.25) is 0 Å². The molecule has 234 valence electrons. The minimum Gasteiger partial charge on any atom is -0.414 e. The second-order valence-corrected chi connectivity index (χ2v) is 14.7. The van der Waals surface area contributed by atoms with Gasteiger partial charge in [0.25, 0.3) is 0 Å². The number of alkyl halides is 17. The highest BCUT2D eigenvalue weighted by Gasteiger charge is 2.95. The first kappa shape index (κ1) is 36.0. The van der Waals surface area contributed by atoms with Crippen LogP contribution in [0.25, 0.3) is 0 Å². The zero-order valence-electron chi connectivity index (χ0n) is 20.3. The van der Waals surface area contributed by atoms with Gasteiger partial charge >= 0.3 is 47.6 Å². The van der Waals surface area contributed by atoms with Gasteiger partial charge in [-0.1, -0.05) is 27.7 Å². The van der Waals surface area contributed by atoms with Crippen molar-refractivity contribution in [3.63, 3.8) is 0 Å². The van der Waals surface area contributed by atoms with E-state index in [1.54, 1.807) is 0 Å². The smallest absolute Gasteiger partial charge is 0.414 e. The van der Waals surface area contributed by atoms with Crippen molar-refractivity contribution in [3.05, 3.63) is 0 Å². The highest BCUT2D eigenvalue weighted by molar-refractivity contribution is 6.76. The predicted molar refractivity (Wildman–Crippen MR) is 102 cm³/mol. The first-order valence-corrected chi connectivity index (χ1v) is 13.2. The fraction of sp³-hybridized carbons (Fsp3) is 1.00. The summed E-state index contributed by atoms with van der Waals surface area (Å²) in [6.45, 7) is 5.37. The first-order chi connectivity index (χ1) is 16.9. The Kier molecular flexibility index (Phi) is 9.54. The zero-order chi connectivity index (χ0) is 31.5. The summed E-state index contributed by atoms with van der Waals surface area (Å²) in [5.74, 6) is -56.2. The van der Waals surface area contributed by atoms with E-state index in [1.807, 2.05) is 0 Å². The molecule has 2 nitrogen and oxygen atoms in total. The van der Waals surface area contributed by atoms with Gasteiger partial charge in [0.1, 0.15) is 6.10 Å². The lowest BCUT2D eigenvalue weighted by Crippen LogP contribution is -2.74. The van der Waals surface area contributed by atoms with Crippen LogP contribution >= 0.6 is 0 Å². The van der Waals surface area contributed by atoms with E-state index in [9.17, 15) is 74.6 Å². The van der Waals surface area contributed by atoms with E-state index in [4.69, 9.17) is 9.16 Å². The van der Waals surface area contributed by atoms with Gasteiger partial charge in [-0.2, -0.15) is 74.6 Å². The summed E-state index contributed by atoms with van der Waals surface area (Å²) >= 11 is 0. The molecular weight excluding hydrogens is 611 g/mol. The molecule has 0 amide bonds. The average Bonchev–Trinajstić information content (AvgIpc) is 3.56. The number of ether oxygens (including phenoxy) is 1. The molecule has 1 saturated heterocycles. The van der Waals surface area contributed by atoms with Gasteiger partial charge in [-0.3, -0.25) is 0 Å². The molecule has 1 rings (SSSR count). The molecule has 1 aliphatic heterocycles. The van der Waals surface area contributed by atoms with Crippen LogP contribution in [-0.4, -0.2) is 75.3 Å². The Morgan fingerprint density at radius 3 is 1.26 bits per heavy atom. The quantitative estimate of drug-likeness (QED) is 0.109. The van der Waals surface area contributed by atoms with E-state index in [-0.39, 0.29) is 13.2 Å². The second kappa shape index (κ2) is 10.3.